The molecule has 2 fully saturated rings. The van der Waals surface area contributed by atoms with E-state index in [1.165, 1.54) is 37.7 Å². The van der Waals surface area contributed by atoms with Gasteiger partial charge < -0.3 is 10.1 Å². The first-order valence-corrected chi connectivity index (χ1v) is 7.69. The largest absolute Gasteiger partial charge is 0.370 e. The lowest BCUT2D eigenvalue weighted by Gasteiger charge is -2.43. The molecule has 1 heterocycles. The Labute approximate surface area is 117 Å². The first-order valence-electron chi connectivity index (χ1n) is 6.90. The van der Waals surface area contributed by atoms with E-state index < -0.39 is 0 Å². The van der Waals surface area contributed by atoms with E-state index in [2.05, 4.69) is 45.5 Å². The fourth-order valence-electron chi connectivity index (χ4n) is 3.12. The monoisotopic (exact) mass is 309 g/mol. The van der Waals surface area contributed by atoms with E-state index in [1.54, 1.807) is 0 Å². The number of halogens is 1. The van der Waals surface area contributed by atoms with Crippen LogP contribution in [0.1, 0.15) is 43.8 Å². The third-order valence-electron chi connectivity index (χ3n) is 4.28. The molecule has 1 aromatic carbocycles. The van der Waals surface area contributed by atoms with Crippen LogP contribution in [0, 0.1) is 0 Å². The van der Waals surface area contributed by atoms with Gasteiger partial charge in [-0.15, -0.1) is 0 Å². The Kier molecular flexibility index (Phi) is 3.73. The highest BCUT2D eigenvalue weighted by molar-refractivity contribution is 9.10. The molecule has 1 spiro atoms. The highest BCUT2D eigenvalue weighted by atomic mass is 79.9. The summed E-state index contributed by atoms with van der Waals surface area (Å²) in [6.45, 7) is 1.81. The first kappa shape index (κ1) is 12.6. The Hall–Kier alpha value is -0.380. The quantitative estimate of drug-likeness (QED) is 0.851. The van der Waals surface area contributed by atoms with E-state index >= 15 is 0 Å². The van der Waals surface area contributed by atoms with Crippen LogP contribution >= 0.6 is 15.9 Å². The third-order valence-corrected chi connectivity index (χ3v) is 4.80. The lowest BCUT2D eigenvalue weighted by molar-refractivity contribution is -0.0466. The van der Waals surface area contributed by atoms with Crippen LogP contribution in [0.4, 0.5) is 0 Å². The summed E-state index contributed by atoms with van der Waals surface area (Å²) in [4.78, 5) is 0. The summed E-state index contributed by atoms with van der Waals surface area (Å²) >= 11 is 3.47. The lowest BCUT2D eigenvalue weighted by Crippen LogP contribution is -2.55. The third kappa shape index (κ3) is 2.63. The van der Waals surface area contributed by atoms with Crippen molar-refractivity contribution in [1.82, 2.24) is 5.32 Å². The number of hydrogen-bond donors (Lipinski definition) is 1. The number of morpholine rings is 1. The topological polar surface area (TPSA) is 21.3 Å². The number of ether oxygens (including phenoxy) is 1. The summed E-state index contributed by atoms with van der Waals surface area (Å²) in [6.07, 6.45) is 6.85. The van der Waals surface area contributed by atoms with E-state index in [0.29, 0.717) is 0 Å². The van der Waals surface area contributed by atoms with E-state index in [-0.39, 0.29) is 11.6 Å². The minimum Gasteiger partial charge on any atom is -0.370 e. The van der Waals surface area contributed by atoms with Crippen molar-refractivity contribution in [3.8, 4) is 0 Å². The van der Waals surface area contributed by atoms with Crippen LogP contribution in [0.5, 0.6) is 0 Å². The van der Waals surface area contributed by atoms with Crippen LogP contribution in [-0.2, 0) is 4.74 Å². The molecule has 1 unspecified atom stereocenters. The van der Waals surface area contributed by atoms with Crippen LogP contribution < -0.4 is 5.32 Å². The molecule has 18 heavy (non-hydrogen) atoms. The van der Waals surface area contributed by atoms with Gasteiger partial charge in [0.25, 0.3) is 0 Å². The normalized spacial score (nSPS) is 27.3. The van der Waals surface area contributed by atoms with Crippen molar-refractivity contribution in [3.05, 3.63) is 34.3 Å². The molecule has 1 saturated carbocycles. The molecule has 0 aromatic heterocycles. The molecule has 1 N–H and O–H groups in total. The van der Waals surface area contributed by atoms with Gasteiger partial charge in [0.15, 0.2) is 0 Å². The Morgan fingerprint density at radius 2 is 1.83 bits per heavy atom. The van der Waals surface area contributed by atoms with Crippen molar-refractivity contribution in [2.24, 2.45) is 0 Å². The standard InChI is InChI=1S/C15H20BrNO/c16-13-6-4-12(5-7-13)14-10-17-15(11-18-14)8-2-1-3-9-15/h4-7,14,17H,1-3,8-11H2. The van der Waals surface area contributed by atoms with Crippen LogP contribution in [0.2, 0.25) is 0 Å². The molecule has 1 aromatic rings. The molecule has 3 heteroatoms. The van der Waals surface area contributed by atoms with Gasteiger partial charge in [-0.25, -0.2) is 0 Å². The number of nitrogens with one attached hydrogen (secondary N) is 1. The maximum Gasteiger partial charge on any atom is 0.0950 e. The van der Waals surface area contributed by atoms with E-state index in [1.807, 2.05) is 0 Å². The molecule has 0 amide bonds. The molecule has 1 saturated heterocycles. The van der Waals surface area contributed by atoms with Crippen molar-refractivity contribution in [2.45, 2.75) is 43.7 Å². The molecule has 1 aliphatic carbocycles. The lowest BCUT2D eigenvalue weighted by atomic mass is 9.81. The van der Waals surface area contributed by atoms with Gasteiger partial charge in [0, 0.05) is 16.6 Å². The molecule has 0 radical (unpaired) electrons. The molecule has 2 aliphatic rings. The smallest absolute Gasteiger partial charge is 0.0950 e. The van der Waals surface area contributed by atoms with E-state index in [0.717, 1.165) is 17.6 Å². The van der Waals surface area contributed by atoms with Gasteiger partial charge in [0.05, 0.1) is 12.7 Å². The summed E-state index contributed by atoms with van der Waals surface area (Å²) in [6, 6.07) is 8.47. The molecular weight excluding hydrogens is 290 g/mol. The van der Waals surface area contributed by atoms with Crippen LogP contribution in [0.3, 0.4) is 0 Å². The molecule has 1 atom stereocenters. The van der Waals surface area contributed by atoms with Crippen LogP contribution in [0.25, 0.3) is 0 Å². The van der Waals surface area contributed by atoms with Gasteiger partial charge in [0.1, 0.15) is 0 Å². The zero-order valence-electron chi connectivity index (χ0n) is 10.6. The second-order valence-electron chi connectivity index (χ2n) is 5.57. The number of benzene rings is 1. The Bertz CT molecular complexity index is 387. The fraction of sp³-hybridized carbons (Fsp3) is 0.600. The van der Waals surface area contributed by atoms with Crippen molar-refractivity contribution >= 4 is 15.9 Å². The van der Waals surface area contributed by atoms with Gasteiger partial charge in [-0.05, 0) is 30.5 Å². The average Bonchev–Trinajstić information content (AvgIpc) is 2.42. The Morgan fingerprint density at radius 3 is 2.44 bits per heavy atom. The molecule has 98 valence electrons. The van der Waals surface area contributed by atoms with Gasteiger partial charge in [0.2, 0.25) is 0 Å². The number of rotatable bonds is 1. The summed E-state index contributed by atoms with van der Waals surface area (Å²) in [5.41, 5.74) is 1.56. The van der Waals surface area contributed by atoms with Gasteiger partial charge in [-0.1, -0.05) is 47.3 Å². The van der Waals surface area contributed by atoms with Gasteiger partial charge in [-0.3, -0.25) is 0 Å². The maximum atomic E-state index is 6.12. The summed E-state index contributed by atoms with van der Waals surface area (Å²) in [7, 11) is 0. The zero-order valence-corrected chi connectivity index (χ0v) is 12.2. The van der Waals surface area contributed by atoms with Crippen molar-refractivity contribution in [3.63, 3.8) is 0 Å². The summed E-state index contributed by atoms with van der Waals surface area (Å²) in [5.74, 6) is 0. The average molecular weight is 310 g/mol. The van der Waals surface area contributed by atoms with E-state index in [9.17, 15) is 0 Å². The summed E-state index contributed by atoms with van der Waals surface area (Å²) < 4.78 is 7.24. The van der Waals surface area contributed by atoms with Crippen molar-refractivity contribution < 1.29 is 4.74 Å². The Morgan fingerprint density at radius 1 is 1.11 bits per heavy atom. The zero-order chi connectivity index (χ0) is 12.4. The van der Waals surface area contributed by atoms with Gasteiger partial charge >= 0.3 is 0 Å². The fourth-order valence-corrected chi connectivity index (χ4v) is 3.38. The molecular formula is C15H20BrNO. The highest BCUT2D eigenvalue weighted by Crippen LogP contribution is 2.33. The molecule has 1 aliphatic heterocycles. The van der Waals surface area contributed by atoms with E-state index in [4.69, 9.17) is 4.74 Å². The minimum absolute atomic E-state index is 0.214. The minimum atomic E-state index is 0.214. The van der Waals surface area contributed by atoms with Crippen LogP contribution in [0.15, 0.2) is 28.7 Å². The predicted octanol–water partition coefficient (Wildman–Crippen LogP) is 3.81. The van der Waals surface area contributed by atoms with Crippen molar-refractivity contribution in [2.75, 3.05) is 13.2 Å². The second kappa shape index (κ2) is 5.32. The SMILES string of the molecule is Brc1ccc(C2CNC3(CCCCC3)CO2)cc1. The predicted molar refractivity (Wildman–Crippen MR) is 76.7 cm³/mol. The van der Waals surface area contributed by atoms with Gasteiger partial charge in [-0.2, -0.15) is 0 Å². The first-order chi connectivity index (χ1) is 8.77. The van der Waals surface area contributed by atoms with Crippen LogP contribution in [-0.4, -0.2) is 18.7 Å². The maximum absolute atomic E-state index is 6.12. The molecule has 0 bridgehead atoms. The molecule has 3 rings (SSSR count). The second-order valence-corrected chi connectivity index (χ2v) is 6.49. The van der Waals surface area contributed by atoms with Crippen molar-refractivity contribution in [1.29, 1.82) is 0 Å². The summed E-state index contributed by atoms with van der Waals surface area (Å²) in [5, 5.41) is 3.76. The highest BCUT2D eigenvalue weighted by Gasteiger charge is 2.36. The Balaban J connectivity index is 1.64. The molecule has 2 nitrogen and oxygen atoms in total. The number of hydrogen-bond acceptors (Lipinski definition) is 2.